The van der Waals surface area contributed by atoms with E-state index in [2.05, 4.69) is 15.3 Å². The summed E-state index contributed by atoms with van der Waals surface area (Å²) >= 11 is 1.60. The van der Waals surface area contributed by atoms with Gasteiger partial charge in [0.15, 0.2) is 5.16 Å². The Bertz CT molecular complexity index is 772. The molecule has 0 bridgehead atoms. The van der Waals surface area contributed by atoms with Gasteiger partial charge in [-0.2, -0.15) is 0 Å². The van der Waals surface area contributed by atoms with Crippen LogP contribution in [0.5, 0.6) is 0 Å². The quantitative estimate of drug-likeness (QED) is 0.512. The van der Waals surface area contributed by atoms with Crippen LogP contribution in [0.2, 0.25) is 0 Å². The number of rotatable bonds is 7. The van der Waals surface area contributed by atoms with E-state index in [9.17, 15) is 4.79 Å². The molecule has 24 heavy (non-hydrogen) atoms. The number of imidazole rings is 1. The van der Waals surface area contributed by atoms with E-state index >= 15 is 0 Å². The van der Waals surface area contributed by atoms with Crippen LogP contribution in [-0.2, 0) is 11.2 Å². The molecule has 0 atom stereocenters. The fourth-order valence-corrected chi connectivity index (χ4v) is 3.03. The smallest absolute Gasteiger partial charge is 0.224 e. The maximum Gasteiger partial charge on any atom is 0.224 e. The summed E-state index contributed by atoms with van der Waals surface area (Å²) in [6.07, 6.45) is 2.26. The Morgan fingerprint density at radius 2 is 1.75 bits per heavy atom. The average molecular weight is 337 g/mol. The molecule has 1 heterocycles. The number of hydrogen-bond acceptors (Lipinski definition) is 3. The van der Waals surface area contributed by atoms with Crippen LogP contribution < -0.4 is 5.32 Å². The van der Waals surface area contributed by atoms with E-state index in [1.165, 1.54) is 0 Å². The second kappa shape index (κ2) is 8.36. The van der Waals surface area contributed by atoms with Crippen LogP contribution in [0.4, 0.5) is 0 Å². The lowest BCUT2D eigenvalue weighted by Crippen LogP contribution is -2.27. The Kier molecular flexibility index (Phi) is 5.69. The molecular weight excluding hydrogens is 318 g/mol. The van der Waals surface area contributed by atoms with Crippen molar-refractivity contribution >= 4 is 17.7 Å². The number of carbonyl (C=O) groups excluding carboxylic acids is 1. The van der Waals surface area contributed by atoms with Crippen LogP contribution in [0.25, 0.3) is 11.3 Å². The molecular formula is C19H19N3OS. The number of nitrogens with zero attached hydrogens (tertiary/aromatic N) is 1. The minimum Gasteiger partial charge on any atom is -0.355 e. The lowest BCUT2D eigenvalue weighted by Gasteiger charge is -2.04. The van der Waals surface area contributed by atoms with Gasteiger partial charge in [0, 0.05) is 12.3 Å². The molecule has 0 aliphatic heterocycles. The summed E-state index contributed by atoms with van der Waals surface area (Å²) in [7, 11) is 0. The topological polar surface area (TPSA) is 57.8 Å². The first kappa shape index (κ1) is 16.3. The Hall–Kier alpha value is -2.53. The van der Waals surface area contributed by atoms with Gasteiger partial charge in [0.1, 0.15) is 0 Å². The van der Waals surface area contributed by atoms with Crippen LogP contribution in [0.3, 0.4) is 0 Å². The predicted octanol–water partition coefficient (Wildman–Crippen LogP) is 3.53. The van der Waals surface area contributed by atoms with Crippen LogP contribution in [0.15, 0.2) is 72.0 Å². The van der Waals surface area contributed by atoms with Gasteiger partial charge < -0.3 is 10.3 Å². The Morgan fingerprint density at radius 3 is 2.50 bits per heavy atom. The van der Waals surface area contributed by atoms with Crippen molar-refractivity contribution in [1.82, 2.24) is 15.3 Å². The third-order valence-electron chi connectivity index (χ3n) is 3.51. The molecule has 3 rings (SSSR count). The highest BCUT2D eigenvalue weighted by molar-refractivity contribution is 7.99. The summed E-state index contributed by atoms with van der Waals surface area (Å²) in [5, 5.41) is 3.81. The number of aromatic amines is 1. The molecule has 0 saturated carbocycles. The molecule has 0 aliphatic carbocycles. The van der Waals surface area contributed by atoms with Gasteiger partial charge in [-0.1, -0.05) is 72.4 Å². The first-order valence-corrected chi connectivity index (χ1v) is 8.84. The molecule has 0 radical (unpaired) electrons. The first-order valence-electron chi connectivity index (χ1n) is 7.85. The molecule has 1 amide bonds. The molecule has 0 aliphatic rings. The summed E-state index contributed by atoms with van der Waals surface area (Å²) in [6.45, 7) is 0.623. The molecule has 5 heteroatoms. The zero-order valence-electron chi connectivity index (χ0n) is 13.2. The lowest BCUT2D eigenvalue weighted by molar-refractivity contribution is -0.120. The zero-order valence-corrected chi connectivity index (χ0v) is 14.1. The number of nitrogens with one attached hydrogen (secondary N) is 2. The van der Waals surface area contributed by atoms with Crippen molar-refractivity contribution in [3.8, 4) is 11.3 Å². The van der Waals surface area contributed by atoms with E-state index in [1.54, 1.807) is 11.8 Å². The summed E-state index contributed by atoms with van der Waals surface area (Å²) < 4.78 is 0. The van der Waals surface area contributed by atoms with Gasteiger partial charge >= 0.3 is 0 Å². The minimum atomic E-state index is 0.0474. The van der Waals surface area contributed by atoms with Crippen LogP contribution >= 0.6 is 11.8 Å². The molecule has 4 nitrogen and oxygen atoms in total. The highest BCUT2D eigenvalue weighted by atomic mass is 32.2. The monoisotopic (exact) mass is 337 g/mol. The third kappa shape index (κ3) is 4.73. The predicted molar refractivity (Wildman–Crippen MR) is 97.9 cm³/mol. The Balaban J connectivity index is 1.41. The number of amides is 1. The second-order valence-corrected chi connectivity index (χ2v) is 6.41. The third-order valence-corrected chi connectivity index (χ3v) is 4.40. The van der Waals surface area contributed by atoms with Gasteiger partial charge in [0.2, 0.25) is 5.91 Å². The largest absolute Gasteiger partial charge is 0.355 e. The van der Waals surface area contributed by atoms with E-state index in [4.69, 9.17) is 0 Å². The number of aromatic nitrogens is 2. The molecule has 0 fully saturated rings. The van der Waals surface area contributed by atoms with Gasteiger partial charge in [-0.25, -0.2) is 4.98 Å². The summed E-state index contributed by atoms with van der Waals surface area (Å²) in [5.41, 5.74) is 3.15. The Morgan fingerprint density at radius 1 is 1.04 bits per heavy atom. The second-order valence-electron chi connectivity index (χ2n) is 5.33. The highest BCUT2D eigenvalue weighted by Gasteiger charge is 2.05. The summed E-state index contributed by atoms with van der Waals surface area (Å²) in [4.78, 5) is 19.5. The molecule has 0 saturated heterocycles. The van der Waals surface area contributed by atoms with Crippen molar-refractivity contribution in [3.05, 3.63) is 72.4 Å². The van der Waals surface area contributed by atoms with Crippen molar-refractivity contribution < 1.29 is 4.79 Å². The standard InChI is InChI=1S/C19H19N3OS/c23-18(13-15-7-3-1-4-8-15)20-11-12-24-19-21-14-17(22-19)16-9-5-2-6-10-16/h1-10,14H,11-13H2,(H,20,23)(H,21,22). The molecule has 0 unspecified atom stereocenters. The molecule has 0 spiro atoms. The van der Waals surface area contributed by atoms with E-state index in [-0.39, 0.29) is 5.91 Å². The fourth-order valence-electron chi connectivity index (χ4n) is 2.32. The van der Waals surface area contributed by atoms with Gasteiger partial charge in [0.05, 0.1) is 18.3 Å². The SMILES string of the molecule is O=C(Cc1ccccc1)NCCSc1ncc(-c2ccccc2)[nH]1. The maximum atomic E-state index is 11.9. The molecule has 2 aromatic carbocycles. The Labute approximate surface area is 145 Å². The van der Waals surface area contributed by atoms with Crippen LogP contribution in [0.1, 0.15) is 5.56 Å². The van der Waals surface area contributed by atoms with E-state index in [0.717, 1.165) is 27.7 Å². The van der Waals surface area contributed by atoms with Crippen molar-refractivity contribution in [1.29, 1.82) is 0 Å². The van der Waals surface area contributed by atoms with Crippen LogP contribution in [0, 0.1) is 0 Å². The molecule has 1 aromatic heterocycles. The van der Waals surface area contributed by atoms with Gasteiger partial charge in [-0.15, -0.1) is 0 Å². The fraction of sp³-hybridized carbons (Fsp3) is 0.158. The number of thioether (sulfide) groups is 1. The first-order chi connectivity index (χ1) is 11.8. The van der Waals surface area contributed by atoms with Gasteiger partial charge in [-0.3, -0.25) is 4.79 Å². The number of carbonyl (C=O) groups is 1. The molecule has 122 valence electrons. The van der Waals surface area contributed by atoms with Crippen LogP contribution in [-0.4, -0.2) is 28.2 Å². The van der Waals surface area contributed by atoms with Crippen molar-refractivity contribution in [3.63, 3.8) is 0 Å². The van der Waals surface area contributed by atoms with E-state index in [0.29, 0.717) is 13.0 Å². The molecule has 3 aromatic rings. The van der Waals surface area contributed by atoms with Crippen molar-refractivity contribution in [2.75, 3.05) is 12.3 Å². The number of benzene rings is 2. The van der Waals surface area contributed by atoms with Gasteiger partial charge in [-0.05, 0) is 11.1 Å². The lowest BCUT2D eigenvalue weighted by atomic mass is 10.1. The summed E-state index contributed by atoms with van der Waals surface area (Å²) in [6, 6.07) is 19.9. The highest BCUT2D eigenvalue weighted by Crippen LogP contribution is 2.20. The van der Waals surface area contributed by atoms with E-state index in [1.807, 2.05) is 66.9 Å². The average Bonchev–Trinajstić information content (AvgIpc) is 3.09. The minimum absolute atomic E-state index is 0.0474. The van der Waals surface area contributed by atoms with E-state index < -0.39 is 0 Å². The normalized spacial score (nSPS) is 10.5. The zero-order chi connectivity index (χ0) is 16.6. The number of hydrogen-bond donors (Lipinski definition) is 2. The van der Waals surface area contributed by atoms with Gasteiger partial charge in [0.25, 0.3) is 0 Å². The van der Waals surface area contributed by atoms with Crippen molar-refractivity contribution in [2.24, 2.45) is 0 Å². The maximum absolute atomic E-state index is 11.9. The van der Waals surface area contributed by atoms with Crippen molar-refractivity contribution in [2.45, 2.75) is 11.6 Å². The summed E-state index contributed by atoms with van der Waals surface area (Å²) in [5.74, 6) is 0.827. The number of H-pyrrole nitrogens is 1. The molecule has 2 N–H and O–H groups in total.